The van der Waals surface area contributed by atoms with Crippen molar-refractivity contribution in [2.45, 2.75) is 39.2 Å². The van der Waals surface area contributed by atoms with Gasteiger partial charge < -0.3 is 15.2 Å². The highest BCUT2D eigenvalue weighted by Crippen LogP contribution is 2.36. The van der Waals surface area contributed by atoms with Gasteiger partial charge in [0.25, 0.3) is 0 Å². The van der Waals surface area contributed by atoms with Gasteiger partial charge in [-0.3, -0.25) is 9.89 Å². The summed E-state index contributed by atoms with van der Waals surface area (Å²) < 4.78 is 5.24. The van der Waals surface area contributed by atoms with E-state index in [4.69, 9.17) is 4.52 Å². The molecule has 1 saturated heterocycles. The Morgan fingerprint density at radius 2 is 2.21 bits per heavy atom. The first-order valence-corrected chi connectivity index (χ1v) is 10.6. The number of nitrogens with one attached hydrogen (secondary N) is 2. The van der Waals surface area contributed by atoms with Crippen molar-refractivity contribution in [3.05, 3.63) is 39.4 Å². The van der Waals surface area contributed by atoms with Crippen LogP contribution in [0.3, 0.4) is 0 Å². The summed E-state index contributed by atoms with van der Waals surface area (Å²) >= 11 is 1.86. The fourth-order valence-electron chi connectivity index (χ4n) is 4.00. The second kappa shape index (κ2) is 11.2. The van der Waals surface area contributed by atoms with Gasteiger partial charge in [-0.25, -0.2) is 0 Å². The summed E-state index contributed by atoms with van der Waals surface area (Å²) in [6, 6.07) is 4.91. The van der Waals surface area contributed by atoms with Gasteiger partial charge in [-0.05, 0) is 64.1 Å². The molecule has 2 N–H and O–H groups in total. The third-order valence-electron chi connectivity index (χ3n) is 5.45. The summed E-state index contributed by atoms with van der Waals surface area (Å²) in [6.07, 6.45) is 3.38. The van der Waals surface area contributed by atoms with Crippen molar-refractivity contribution in [1.29, 1.82) is 0 Å². The SMILES string of the molecule is CN=C(NCCc1c(C)noc1C)NCC1CCCN(C)C1c1cccs1.I. The molecular formula is C20H32IN5OS. The topological polar surface area (TPSA) is 65.7 Å². The minimum atomic E-state index is 0. The van der Waals surface area contributed by atoms with E-state index in [-0.39, 0.29) is 24.0 Å². The second-order valence-corrected chi connectivity index (χ2v) is 8.26. The molecule has 2 unspecified atom stereocenters. The summed E-state index contributed by atoms with van der Waals surface area (Å²) in [4.78, 5) is 8.35. The number of piperidine rings is 1. The molecule has 0 bridgehead atoms. The summed E-state index contributed by atoms with van der Waals surface area (Å²) in [5.74, 6) is 2.35. The monoisotopic (exact) mass is 517 g/mol. The lowest BCUT2D eigenvalue weighted by molar-refractivity contribution is 0.125. The van der Waals surface area contributed by atoms with Crippen LogP contribution in [0.25, 0.3) is 0 Å². The van der Waals surface area contributed by atoms with Gasteiger partial charge in [-0.2, -0.15) is 0 Å². The van der Waals surface area contributed by atoms with Gasteiger partial charge in [0.05, 0.1) is 5.69 Å². The highest BCUT2D eigenvalue weighted by Gasteiger charge is 2.31. The van der Waals surface area contributed by atoms with E-state index in [9.17, 15) is 0 Å². The Hall–Kier alpha value is -1.13. The fraction of sp³-hybridized carbons (Fsp3) is 0.600. The molecule has 156 valence electrons. The standard InChI is InChI=1S/C20H31N5OS.HI/c1-14-17(15(2)26-24-14)9-10-22-20(21-3)23-13-16-7-5-11-25(4)19(16)18-8-6-12-27-18;/h6,8,12,16,19H,5,7,9-11,13H2,1-4H3,(H2,21,22,23);1H. The Morgan fingerprint density at radius 3 is 2.86 bits per heavy atom. The molecule has 1 aliphatic rings. The number of guanidine groups is 1. The van der Waals surface area contributed by atoms with Gasteiger partial charge in [0.2, 0.25) is 0 Å². The van der Waals surface area contributed by atoms with E-state index in [1.165, 1.54) is 29.8 Å². The molecule has 0 radical (unpaired) electrons. The number of rotatable bonds is 6. The van der Waals surface area contributed by atoms with E-state index in [0.717, 1.165) is 36.9 Å². The molecule has 28 heavy (non-hydrogen) atoms. The molecule has 0 spiro atoms. The van der Waals surface area contributed by atoms with E-state index in [2.05, 4.69) is 50.2 Å². The number of aliphatic imine (C=N–C) groups is 1. The van der Waals surface area contributed by atoms with E-state index >= 15 is 0 Å². The molecule has 2 atom stereocenters. The van der Waals surface area contributed by atoms with Crippen LogP contribution in [0.1, 0.15) is 40.8 Å². The highest BCUT2D eigenvalue weighted by molar-refractivity contribution is 14.0. The average Bonchev–Trinajstić information content (AvgIpc) is 3.29. The molecule has 3 rings (SSSR count). The van der Waals surface area contributed by atoms with Crippen LogP contribution >= 0.6 is 35.3 Å². The maximum Gasteiger partial charge on any atom is 0.190 e. The second-order valence-electron chi connectivity index (χ2n) is 7.28. The predicted octanol–water partition coefficient (Wildman–Crippen LogP) is 3.76. The Labute approximate surface area is 189 Å². The number of nitrogens with zero attached hydrogens (tertiary/aromatic N) is 3. The van der Waals surface area contributed by atoms with Gasteiger partial charge >= 0.3 is 0 Å². The Balaban J connectivity index is 0.00000280. The lowest BCUT2D eigenvalue weighted by atomic mass is 9.88. The van der Waals surface area contributed by atoms with Crippen molar-refractivity contribution in [2.24, 2.45) is 10.9 Å². The van der Waals surface area contributed by atoms with Gasteiger partial charge in [-0.15, -0.1) is 35.3 Å². The zero-order valence-corrected chi connectivity index (χ0v) is 20.3. The van der Waals surface area contributed by atoms with Crippen molar-refractivity contribution in [3.63, 3.8) is 0 Å². The molecule has 1 aliphatic heterocycles. The number of hydrogen-bond acceptors (Lipinski definition) is 5. The first kappa shape index (κ1) is 23.2. The van der Waals surface area contributed by atoms with Crippen LogP contribution in [0.4, 0.5) is 0 Å². The van der Waals surface area contributed by atoms with E-state index in [1.807, 2.05) is 32.2 Å². The van der Waals surface area contributed by atoms with E-state index in [0.29, 0.717) is 12.0 Å². The van der Waals surface area contributed by atoms with Crippen LogP contribution in [0.2, 0.25) is 0 Å². The van der Waals surface area contributed by atoms with E-state index in [1.54, 1.807) is 0 Å². The van der Waals surface area contributed by atoms with E-state index < -0.39 is 0 Å². The van der Waals surface area contributed by atoms with Crippen LogP contribution < -0.4 is 10.6 Å². The smallest absolute Gasteiger partial charge is 0.190 e. The number of thiophene rings is 1. The minimum Gasteiger partial charge on any atom is -0.361 e. The van der Waals surface area contributed by atoms with Crippen LogP contribution in [-0.4, -0.2) is 49.7 Å². The highest BCUT2D eigenvalue weighted by atomic mass is 127. The quantitative estimate of drug-likeness (QED) is 0.347. The Kier molecular flexibility index (Phi) is 9.23. The number of aromatic nitrogens is 1. The molecule has 0 aliphatic carbocycles. The summed E-state index contributed by atoms with van der Waals surface area (Å²) in [6.45, 7) is 6.86. The van der Waals surface area contributed by atoms with Crippen LogP contribution in [0.15, 0.2) is 27.0 Å². The molecule has 8 heteroatoms. The van der Waals surface area contributed by atoms with Crippen LogP contribution in [0, 0.1) is 19.8 Å². The fourth-order valence-corrected chi connectivity index (χ4v) is 4.98. The molecule has 2 aromatic heterocycles. The van der Waals surface area contributed by atoms with Crippen molar-refractivity contribution in [2.75, 3.05) is 33.7 Å². The lowest BCUT2D eigenvalue weighted by Crippen LogP contribution is -2.45. The normalized spacial score (nSPS) is 20.6. The summed E-state index contributed by atoms with van der Waals surface area (Å²) in [5.41, 5.74) is 2.16. The van der Waals surface area contributed by atoms with Crippen molar-refractivity contribution in [3.8, 4) is 0 Å². The minimum absolute atomic E-state index is 0. The van der Waals surface area contributed by atoms with Gasteiger partial charge in [0.15, 0.2) is 5.96 Å². The third-order valence-corrected chi connectivity index (χ3v) is 6.39. The molecule has 6 nitrogen and oxygen atoms in total. The maximum atomic E-state index is 5.24. The molecular weight excluding hydrogens is 485 g/mol. The first-order valence-electron chi connectivity index (χ1n) is 9.70. The van der Waals surface area contributed by atoms with Gasteiger partial charge in [0, 0.05) is 36.6 Å². The number of likely N-dealkylation sites (tertiary alicyclic amines) is 1. The zero-order chi connectivity index (χ0) is 19.2. The number of halogens is 1. The van der Waals surface area contributed by atoms with Crippen LogP contribution in [-0.2, 0) is 6.42 Å². The summed E-state index contributed by atoms with van der Waals surface area (Å²) in [5, 5.41) is 13.2. The number of aryl methyl sites for hydroxylation is 2. The molecule has 3 heterocycles. The molecule has 0 saturated carbocycles. The van der Waals surface area contributed by atoms with Crippen LogP contribution in [0.5, 0.6) is 0 Å². The van der Waals surface area contributed by atoms with Crippen molar-refractivity contribution in [1.82, 2.24) is 20.7 Å². The zero-order valence-electron chi connectivity index (χ0n) is 17.2. The largest absolute Gasteiger partial charge is 0.361 e. The lowest BCUT2D eigenvalue weighted by Gasteiger charge is -2.39. The Bertz CT molecular complexity index is 726. The maximum absolute atomic E-state index is 5.24. The van der Waals surface area contributed by atoms with Crippen molar-refractivity contribution >= 4 is 41.3 Å². The third kappa shape index (κ3) is 5.70. The molecule has 2 aromatic rings. The number of hydrogen-bond donors (Lipinski definition) is 2. The van der Waals surface area contributed by atoms with Crippen molar-refractivity contribution < 1.29 is 4.52 Å². The predicted molar refractivity (Wildman–Crippen MR) is 127 cm³/mol. The average molecular weight is 517 g/mol. The van der Waals surface area contributed by atoms with Gasteiger partial charge in [-0.1, -0.05) is 11.2 Å². The first-order chi connectivity index (χ1) is 13.1. The molecule has 1 fully saturated rings. The molecule has 0 amide bonds. The molecule has 0 aromatic carbocycles. The Morgan fingerprint density at radius 1 is 1.39 bits per heavy atom. The summed E-state index contributed by atoms with van der Waals surface area (Å²) in [7, 11) is 4.07. The van der Waals surface area contributed by atoms with Gasteiger partial charge in [0.1, 0.15) is 5.76 Å².